The Kier molecular flexibility index (Phi) is 6.51. The number of hydrogen-bond donors (Lipinski definition) is 1. The fourth-order valence-electron chi connectivity index (χ4n) is 4.17. The average Bonchev–Trinajstić information content (AvgIpc) is 3.21. The van der Waals surface area contributed by atoms with Crippen LogP contribution >= 0.6 is 0 Å². The lowest BCUT2D eigenvalue weighted by molar-refractivity contribution is -0.137. The fourth-order valence-corrected chi connectivity index (χ4v) is 4.17. The van der Waals surface area contributed by atoms with Crippen LogP contribution in [0.15, 0.2) is 42.5 Å². The molecule has 0 saturated carbocycles. The normalized spacial score (nSPS) is 27.8. The van der Waals surface area contributed by atoms with Gasteiger partial charge in [0.2, 0.25) is 0 Å². The van der Waals surface area contributed by atoms with Gasteiger partial charge in [0.15, 0.2) is 0 Å². The van der Waals surface area contributed by atoms with Crippen LogP contribution in [0.5, 0.6) is 5.75 Å². The Labute approximate surface area is 149 Å². The minimum absolute atomic E-state index is 0.251. The standard InChI is InChI=1S/C21H28O4/c22-21(23)11-7-2-1-6-10-17-18(20-13-12-19(17)25-20)14-15-24-16-8-4-3-5-9-16/h1,3-6,8-9,17-20H,2,7,10-15H2,(H,22,23)/b6-1-/t17-,18-,19-,20+/m1/s1. The number of allylic oxidation sites excluding steroid dienone is 2. The van der Waals surface area contributed by atoms with E-state index in [1.807, 2.05) is 30.3 Å². The average molecular weight is 344 g/mol. The molecule has 1 N–H and O–H groups in total. The Morgan fingerprint density at radius 1 is 1.16 bits per heavy atom. The molecule has 0 amide bonds. The zero-order valence-electron chi connectivity index (χ0n) is 14.7. The van der Waals surface area contributed by atoms with Crippen LogP contribution in [0, 0.1) is 11.8 Å². The van der Waals surface area contributed by atoms with Gasteiger partial charge in [-0.3, -0.25) is 4.79 Å². The molecule has 0 radical (unpaired) electrons. The van der Waals surface area contributed by atoms with Crippen molar-refractivity contribution in [1.29, 1.82) is 0 Å². The van der Waals surface area contributed by atoms with Crippen molar-refractivity contribution in [1.82, 2.24) is 0 Å². The second kappa shape index (κ2) is 9.04. The molecule has 136 valence electrons. The smallest absolute Gasteiger partial charge is 0.303 e. The van der Waals surface area contributed by atoms with Crippen LogP contribution in [-0.2, 0) is 9.53 Å². The summed E-state index contributed by atoms with van der Waals surface area (Å²) < 4.78 is 12.0. The number of benzene rings is 1. The minimum atomic E-state index is -0.714. The van der Waals surface area contributed by atoms with E-state index in [2.05, 4.69) is 12.2 Å². The molecule has 4 nitrogen and oxygen atoms in total. The lowest BCUT2D eigenvalue weighted by atomic mass is 9.76. The first-order valence-electron chi connectivity index (χ1n) is 9.44. The van der Waals surface area contributed by atoms with E-state index in [0.717, 1.165) is 31.6 Å². The summed E-state index contributed by atoms with van der Waals surface area (Å²) in [7, 11) is 0. The fraction of sp³-hybridized carbons (Fsp3) is 0.571. The molecule has 0 aromatic heterocycles. The first kappa shape index (κ1) is 18.0. The quantitative estimate of drug-likeness (QED) is 0.503. The van der Waals surface area contributed by atoms with Crippen molar-refractivity contribution >= 4 is 5.97 Å². The summed E-state index contributed by atoms with van der Waals surface area (Å²) in [5.74, 6) is 1.37. The van der Waals surface area contributed by atoms with E-state index in [-0.39, 0.29) is 6.42 Å². The van der Waals surface area contributed by atoms with Crippen LogP contribution in [0.2, 0.25) is 0 Å². The number of aliphatic carboxylic acids is 1. The van der Waals surface area contributed by atoms with Gasteiger partial charge in [-0.05, 0) is 62.5 Å². The van der Waals surface area contributed by atoms with Gasteiger partial charge in [0.1, 0.15) is 5.75 Å². The highest BCUT2D eigenvalue weighted by Crippen LogP contribution is 2.46. The molecule has 1 aromatic carbocycles. The van der Waals surface area contributed by atoms with Crippen LogP contribution in [-0.4, -0.2) is 29.9 Å². The number of rotatable bonds is 10. The Morgan fingerprint density at radius 3 is 2.68 bits per heavy atom. The molecule has 1 aromatic rings. The first-order chi connectivity index (χ1) is 12.2. The zero-order valence-corrected chi connectivity index (χ0v) is 14.7. The highest BCUT2D eigenvalue weighted by molar-refractivity contribution is 5.66. The van der Waals surface area contributed by atoms with Gasteiger partial charge in [-0.25, -0.2) is 0 Å². The number of para-hydroxylation sites is 1. The zero-order chi connectivity index (χ0) is 17.5. The summed E-state index contributed by atoms with van der Waals surface area (Å²) >= 11 is 0. The van der Waals surface area contributed by atoms with E-state index in [1.165, 1.54) is 12.8 Å². The summed E-state index contributed by atoms with van der Waals surface area (Å²) in [6.07, 6.45) is 11.4. The number of carboxylic acid groups (broad SMARTS) is 1. The molecule has 2 bridgehead atoms. The topological polar surface area (TPSA) is 55.8 Å². The molecule has 0 unspecified atom stereocenters. The molecule has 3 rings (SSSR count). The molecule has 2 aliphatic heterocycles. The molecule has 2 saturated heterocycles. The maximum absolute atomic E-state index is 10.5. The van der Waals surface area contributed by atoms with Gasteiger partial charge in [-0.1, -0.05) is 30.4 Å². The Balaban J connectivity index is 1.43. The molecule has 2 aliphatic rings. The van der Waals surface area contributed by atoms with E-state index in [1.54, 1.807) is 0 Å². The van der Waals surface area contributed by atoms with Crippen LogP contribution < -0.4 is 4.74 Å². The SMILES string of the molecule is O=C(O)CCC/C=C\C[C@@H]1[C@@H](CCOc2ccccc2)[C@@H]2CC[C@H]1O2. The number of carboxylic acids is 1. The second-order valence-electron chi connectivity index (χ2n) is 7.06. The third-order valence-electron chi connectivity index (χ3n) is 5.39. The minimum Gasteiger partial charge on any atom is -0.494 e. The number of unbranched alkanes of at least 4 members (excludes halogenated alkanes) is 1. The molecule has 2 heterocycles. The molecule has 0 aliphatic carbocycles. The molecule has 25 heavy (non-hydrogen) atoms. The van der Waals surface area contributed by atoms with Crippen molar-refractivity contribution in [2.24, 2.45) is 11.8 Å². The van der Waals surface area contributed by atoms with Crippen LogP contribution in [0.1, 0.15) is 44.9 Å². The largest absolute Gasteiger partial charge is 0.494 e. The monoisotopic (exact) mass is 344 g/mol. The van der Waals surface area contributed by atoms with Crippen molar-refractivity contribution in [2.45, 2.75) is 57.2 Å². The Hall–Kier alpha value is -1.81. The van der Waals surface area contributed by atoms with Crippen molar-refractivity contribution in [2.75, 3.05) is 6.61 Å². The van der Waals surface area contributed by atoms with Crippen molar-refractivity contribution in [3.05, 3.63) is 42.5 Å². The van der Waals surface area contributed by atoms with E-state index in [4.69, 9.17) is 14.6 Å². The highest BCUT2D eigenvalue weighted by atomic mass is 16.5. The van der Waals surface area contributed by atoms with Gasteiger partial charge in [-0.15, -0.1) is 0 Å². The molecule has 2 fully saturated rings. The van der Waals surface area contributed by atoms with E-state index in [9.17, 15) is 4.79 Å². The molecule has 0 spiro atoms. The summed E-state index contributed by atoms with van der Waals surface area (Å²) in [5.41, 5.74) is 0. The number of ether oxygens (including phenoxy) is 2. The second-order valence-corrected chi connectivity index (χ2v) is 7.06. The predicted octanol–water partition coefficient (Wildman–Crippen LogP) is 4.45. The summed E-state index contributed by atoms with van der Waals surface area (Å²) in [5, 5.41) is 8.66. The number of carbonyl (C=O) groups is 1. The number of fused-ring (bicyclic) bond motifs is 2. The Bertz CT molecular complexity index is 569. The molecule has 4 heteroatoms. The first-order valence-corrected chi connectivity index (χ1v) is 9.44. The van der Waals surface area contributed by atoms with Crippen LogP contribution in [0.4, 0.5) is 0 Å². The summed E-state index contributed by atoms with van der Waals surface area (Å²) in [4.78, 5) is 10.5. The van der Waals surface area contributed by atoms with Gasteiger partial charge < -0.3 is 14.6 Å². The lowest BCUT2D eigenvalue weighted by Crippen LogP contribution is -2.28. The maximum atomic E-state index is 10.5. The number of hydrogen-bond acceptors (Lipinski definition) is 3. The molecular weight excluding hydrogens is 316 g/mol. The third kappa shape index (κ3) is 5.08. The van der Waals surface area contributed by atoms with Gasteiger partial charge >= 0.3 is 5.97 Å². The van der Waals surface area contributed by atoms with Crippen LogP contribution in [0.3, 0.4) is 0 Å². The Morgan fingerprint density at radius 2 is 1.92 bits per heavy atom. The van der Waals surface area contributed by atoms with Crippen molar-refractivity contribution in [3.8, 4) is 5.75 Å². The highest BCUT2D eigenvalue weighted by Gasteiger charge is 2.47. The molecular formula is C21H28O4. The van der Waals surface area contributed by atoms with Gasteiger partial charge in [-0.2, -0.15) is 0 Å². The van der Waals surface area contributed by atoms with E-state index < -0.39 is 5.97 Å². The van der Waals surface area contributed by atoms with Gasteiger partial charge in [0, 0.05) is 6.42 Å². The van der Waals surface area contributed by atoms with E-state index in [0.29, 0.717) is 30.5 Å². The van der Waals surface area contributed by atoms with Gasteiger partial charge in [0.05, 0.1) is 18.8 Å². The maximum Gasteiger partial charge on any atom is 0.303 e. The van der Waals surface area contributed by atoms with E-state index >= 15 is 0 Å². The molecule has 4 atom stereocenters. The predicted molar refractivity (Wildman–Crippen MR) is 96.7 cm³/mol. The van der Waals surface area contributed by atoms with Gasteiger partial charge in [0.25, 0.3) is 0 Å². The lowest BCUT2D eigenvalue weighted by Gasteiger charge is -2.27. The summed E-state index contributed by atoms with van der Waals surface area (Å²) in [6.45, 7) is 0.736. The summed E-state index contributed by atoms with van der Waals surface area (Å²) in [6, 6.07) is 9.97. The third-order valence-corrected chi connectivity index (χ3v) is 5.39. The van der Waals surface area contributed by atoms with Crippen LogP contribution in [0.25, 0.3) is 0 Å². The van der Waals surface area contributed by atoms with Crippen molar-refractivity contribution in [3.63, 3.8) is 0 Å². The van der Waals surface area contributed by atoms with Crippen molar-refractivity contribution < 1.29 is 19.4 Å².